The maximum atomic E-state index is 12.7. The lowest BCUT2D eigenvalue weighted by Crippen LogP contribution is -2.20. The van der Waals surface area contributed by atoms with E-state index in [1.165, 1.54) is 11.3 Å². The van der Waals surface area contributed by atoms with Gasteiger partial charge in [0.15, 0.2) is 0 Å². The number of rotatable bonds is 4. The lowest BCUT2D eigenvalue weighted by molar-refractivity contribution is -0.117. The van der Waals surface area contributed by atoms with E-state index in [-0.39, 0.29) is 17.7 Å². The number of carbonyl (C=O) groups is 1. The Morgan fingerprint density at radius 3 is 2.79 bits per heavy atom. The molecule has 0 spiro atoms. The minimum Gasteiger partial charge on any atom is -0.411 e. The van der Waals surface area contributed by atoms with Gasteiger partial charge in [-0.25, -0.2) is 0 Å². The molecule has 7 heteroatoms. The molecule has 4 rings (SSSR count). The van der Waals surface area contributed by atoms with Crippen molar-refractivity contribution in [2.75, 3.05) is 5.32 Å². The molecule has 2 aliphatic carbocycles. The predicted molar refractivity (Wildman–Crippen MR) is 114 cm³/mol. The Morgan fingerprint density at radius 2 is 2.10 bits per heavy atom. The van der Waals surface area contributed by atoms with Crippen LogP contribution in [0.15, 0.2) is 63.1 Å². The highest BCUT2D eigenvalue weighted by Crippen LogP contribution is 2.48. The number of nitrogens with zero attached hydrogens (tertiary/aromatic N) is 2. The number of nitriles is 1. The van der Waals surface area contributed by atoms with Crippen LogP contribution in [0.3, 0.4) is 0 Å². The molecular formula is C22H20N4O2S. The summed E-state index contributed by atoms with van der Waals surface area (Å²) in [7, 11) is 0. The molecule has 1 heterocycles. The lowest BCUT2D eigenvalue weighted by Gasteiger charge is -2.17. The first kappa shape index (κ1) is 19.0. The van der Waals surface area contributed by atoms with Crippen molar-refractivity contribution < 1.29 is 10.0 Å². The van der Waals surface area contributed by atoms with Gasteiger partial charge >= 0.3 is 0 Å². The second kappa shape index (κ2) is 7.57. The number of anilines is 1. The van der Waals surface area contributed by atoms with Gasteiger partial charge in [0.1, 0.15) is 11.8 Å². The summed E-state index contributed by atoms with van der Waals surface area (Å²) in [5.74, 6) is 0.0558. The van der Waals surface area contributed by atoms with E-state index in [0.717, 1.165) is 34.4 Å². The van der Waals surface area contributed by atoms with Gasteiger partial charge in [-0.2, -0.15) is 16.6 Å². The van der Waals surface area contributed by atoms with Crippen LogP contribution in [0.5, 0.6) is 0 Å². The van der Waals surface area contributed by atoms with Crippen molar-refractivity contribution in [2.45, 2.75) is 19.8 Å². The molecule has 1 amide bonds. The van der Waals surface area contributed by atoms with Crippen LogP contribution in [0.4, 0.5) is 5.69 Å². The molecule has 29 heavy (non-hydrogen) atoms. The molecule has 1 saturated carbocycles. The fraction of sp³-hybridized carbons (Fsp3) is 0.227. The van der Waals surface area contributed by atoms with Crippen LogP contribution in [0.1, 0.15) is 25.3 Å². The van der Waals surface area contributed by atoms with E-state index in [1.807, 2.05) is 48.0 Å². The van der Waals surface area contributed by atoms with Gasteiger partial charge in [-0.15, -0.1) is 0 Å². The number of carbonyl (C=O) groups excluding carboxylic acids is 1. The fourth-order valence-corrected chi connectivity index (χ4v) is 4.55. The lowest BCUT2D eigenvalue weighted by atomic mass is 9.91. The van der Waals surface area contributed by atoms with Crippen molar-refractivity contribution in [1.82, 2.24) is 0 Å². The summed E-state index contributed by atoms with van der Waals surface area (Å²) >= 11 is 1.50. The number of hydrogen-bond acceptors (Lipinski definition) is 6. The Labute approximate surface area is 172 Å². The molecule has 0 saturated heterocycles. The molecule has 0 unspecified atom stereocenters. The monoisotopic (exact) mass is 404 g/mol. The van der Waals surface area contributed by atoms with Crippen LogP contribution in [-0.4, -0.2) is 16.8 Å². The van der Waals surface area contributed by atoms with Gasteiger partial charge in [0.25, 0.3) is 0 Å². The molecular weight excluding hydrogens is 384 g/mol. The molecule has 4 N–H and O–H groups in total. The Kier molecular flexibility index (Phi) is 4.95. The molecule has 0 bridgehead atoms. The molecule has 2 atom stereocenters. The second-order valence-corrected chi connectivity index (χ2v) is 8.02. The number of benzene rings is 1. The summed E-state index contributed by atoms with van der Waals surface area (Å²) in [6.45, 7) is 1.90. The molecule has 2 aliphatic rings. The van der Waals surface area contributed by atoms with E-state index in [9.17, 15) is 10.1 Å². The first-order chi connectivity index (χ1) is 14.0. The number of nitrogens with one attached hydrogen (secondary N) is 1. The molecule has 0 aliphatic heterocycles. The van der Waals surface area contributed by atoms with Crippen molar-refractivity contribution in [3.05, 3.63) is 63.5 Å². The molecule has 6 nitrogen and oxygen atoms in total. The number of hydrogen-bond donors (Lipinski definition) is 3. The van der Waals surface area contributed by atoms with Crippen LogP contribution in [0.2, 0.25) is 0 Å². The summed E-state index contributed by atoms with van der Waals surface area (Å²) in [6, 6.07) is 9.74. The smallest absolute Gasteiger partial charge is 0.228 e. The van der Waals surface area contributed by atoms with E-state index in [4.69, 9.17) is 10.9 Å². The highest BCUT2D eigenvalue weighted by molar-refractivity contribution is 7.08. The van der Waals surface area contributed by atoms with E-state index in [0.29, 0.717) is 23.4 Å². The van der Waals surface area contributed by atoms with Crippen molar-refractivity contribution >= 4 is 28.6 Å². The zero-order valence-electron chi connectivity index (χ0n) is 15.8. The van der Waals surface area contributed by atoms with Crippen LogP contribution in [0.25, 0.3) is 11.1 Å². The molecule has 0 radical (unpaired) electrons. The average Bonchev–Trinajstić information content (AvgIpc) is 3.38. The Bertz CT molecular complexity index is 1100. The van der Waals surface area contributed by atoms with Gasteiger partial charge in [0.2, 0.25) is 5.91 Å². The summed E-state index contributed by atoms with van der Waals surface area (Å²) in [5, 5.41) is 28.2. The predicted octanol–water partition coefficient (Wildman–Crippen LogP) is 4.25. The standard InChI is InChI=1S/C22H20N4O2S/c1-12-16(6-7-20(26-28)21(12)24)17-8-18(17)22(27)25-15-4-2-13(3-5-15)19-11-29-10-14(19)9-23/h2-6,10-11,17-18,28H,7-8,24H2,1H3,(H,25,27)/t17-,18-/m1/s1. The van der Waals surface area contributed by atoms with E-state index < -0.39 is 0 Å². The number of thiophene rings is 1. The van der Waals surface area contributed by atoms with Gasteiger partial charge in [-0.3, -0.25) is 4.79 Å². The number of amides is 1. The normalized spacial score (nSPS) is 22.2. The van der Waals surface area contributed by atoms with Crippen LogP contribution in [-0.2, 0) is 4.79 Å². The first-order valence-electron chi connectivity index (χ1n) is 9.29. The molecule has 146 valence electrons. The minimum absolute atomic E-state index is 0.00936. The maximum Gasteiger partial charge on any atom is 0.228 e. The highest BCUT2D eigenvalue weighted by atomic mass is 32.1. The number of allylic oxidation sites excluding steroid dienone is 4. The maximum absolute atomic E-state index is 12.7. The van der Waals surface area contributed by atoms with Crippen molar-refractivity contribution in [1.29, 1.82) is 5.26 Å². The third-order valence-electron chi connectivity index (χ3n) is 5.56. The topological polar surface area (TPSA) is 112 Å². The van der Waals surface area contributed by atoms with Crippen molar-refractivity contribution in [3.8, 4) is 17.2 Å². The fourth-order valence-electron chi connectivity index (χ4n) is 3.77. The van der Waals surface area contributed by atoms with E-state index >= 15 is 0 Å². The molecule has 2 aromatic rings. The van der Waals surface area contributed by atoms with E-state index in [2.05, 4.69) is 16.5 Å². The van der Waals surface area contributed by atoms with E-state index in [1.54, 1.807) is 0 Å². The average molecular weight is 404 g/mol. The first-order valence-corrected chi connectivity index (χ1v) is 10.2. The van der Waals surface area contributed by atoms with Gasteiger partial charge in [0.05, 0.1) is 11.3 Å². The van der Waals surface area contributed by atoms with Crippen LogP contribution in [0, 0.1) is 23.2 Å². The van der Waals surface area contributed by atoms with Crippen LogP contribution < -0.4 is 11.1 Å². The third-order valence-corrected chi connectivity index (χ3v) is 6.30. The summed E-state index contributed by atoms with van der Waals surface area (Å²) < 4.78 is 0. The van der Waals surface area contributed by atoms with Crippen molar-refractivity contribution in [2.24, 2.45) is 22.7 Å². The van der Waals surface area contributed by atoms with Gasteiger partial charge < -0.3 is 16.3 Å². The molecule has 1 aromatic carbocycles. The van der Waals surface area contributed by atoms with Crippen LogP contribution >= 0.6 is 11.3 Å². The third kappa shape index (κ3) is 3.55. The number of nitrogens with two attached hydrogens (primary N) is 1. The second-order valence-electron chi connectivity index (χ2n) is 7.28. The van der Waals surface area contributed by atoms with Gasteiger partial charge in [0, 0.05) is 29.0 Å². The molecule has 1 aromatic heterocycles. The minimum atomic E-state index is -0.0849. The zero-order valence-corrected chi connectivity index (χ0v) is 16.7. The SMILES string of the molecule is CC1=C(N)C(=NO)CC=C1[C@H]1C[C@H]1C(=O)Nc1ccc(-c2cscc2C#N)cc1. The Morgan fingerprint density at radius 1 is 1.34 bits per heavy atom. The summed E-state index contributed by atoms with van der Waals surface area (Å²) in [5.41, 5.74) is 12.2. The summed E-state index contributed by atoms with van der Waals surface area (Å²) in [6.07, 6.45) is 3.27. The highest BCUT2D eigenvalue weighted by Gasteiger charge is 2.46. The van der Waals surface area contributed by atoms with Gasteiger partial charge in [-0.1, -0.05) is 23.4 Å². The van der Waals surface area contributed by atoms with Gasteiger partial charge in [-0.05, 0) is 53.5 Å². The van der Waals surface area contributed by atoms with Crippen molar-refractivity contribution in [3.63, 3.8) is 0 Å². The Balaban J connectivity index is 1.41. The molecule has 1 fully saturated rings. The Hall–Kier alpha value is -3.37. The quantitative estimate of drug-likeness (QED) is 0.522. The summed E-state index contributed by atoms with van der Waals surface area (Å²) in [4.78, 5) is 12.7. The largest absolute Gasteiger partial charge is 0.411 e. The number of oxime groups is 1. The zero-order chi connectivity index (χ0) is 20.5.